The van der Waals surface area contributed by atoms with Gasteiger partial charge in [0.05, 0.1) is 0 Å². The van der Waals surface area contributed by atoms with Crippen LogP contribution in [0.25, 0.3) is 0 Å². The van der Waals surface area contributed by atoms with Crippen LogP contribution in [0.3, 0.4) is 0 Å². The molecule has 1 aromatic carbocycles. The fourth-order valence-electron chi connectivity index (χ4n) is 2.15. The van der Waals surface area contributed by atoms with Crippen molar-refractivity contribution in [2.45, 2.75) is 38.0 Å². The highest BCUT2D eigenvalue weighted by Crippen LogP contribution is 2.36. The molecule has 0 unspecified atom stereocenters. The van der Waals surface area contributed by atoms with Gasteiger partial charge in [-0.1, -0.05) is 37.2 Å². The number of rotatable bonds is 2. The second kappa shape index (κ2) is 5.50. The molecule has 1 saturated carbocycles. The summed E-state index contributed by atoms with van der Waals surface area (Å²) in [5, 5.41) is 2.74. The number of hydrogen-bond donors (Lipinski definition) is 0. The molecular weight excluding hydrogens is 264 g/mol. The highest BCUT2D eigenvalue weighted by molar-refractivity contribution is 8.02. The molecule has 1 nitrogen and oxygen atoms in total. The van der Waals surface area contributed by atoms with E-state index in [0.29, 0.717) is 5.78 Å². The molecule has 1 aromatic rings. The van der Waals surface area contributed by atoms with E-state index in [2.05, 4.69) is 0 Å². The number of thioether (sulfide) groups is 1. The smallest absolute Gasteiger partial charge is 0.164 e. The zero-order chi connectivity index (χ0) is 13.2. The molecule has 0 saturated heterocycles. The summed E-state index contributed by atoms with van der Waals surface area (Å²) >= 11 is 7.44. The van der Waals surface area contributed by atoms with Gasteiger partial charge in [-0.3, -0.25) is 4.79 Å². The normalized spacial score (nSPS) is 21.3. The topological polar surface area (TPSA) is 17.1 Å². The molecule has 0 aliphatic heterocycles. The van der Waals surface area contributed by atoms with Crippen molar-refractivity contribution in [2.75, 3.05) is 0 Å². The molecule has 0 atom stereocenters. The predicted octanol–water partition coefficient (Wildman–Crippen LogP) is 5.10. The number of benzene rings is 1. The summed E-state index contributed by atoms with van der Waals surface area (Å²) in [5.41, 5.74) is 0.774. The average Bonchev–Trinajstić information content (AvgIpc) is 2.33. The Kier molecular flexibility index (Phi) is 4.18. The highest BCUT2D eigenvalue weighted by atomic mass is 35.5. The second-order valence-corrected chi connectivity index (χ2v) is 6.66. The average molecular weight is 281 g/mol. The summed E-state index contributed by atoms with van der Waals surface area (Å²) in [4.78, 5) is 13.3. The van der Waals surface area contributed by atoms with Crippen LogP contribution in [0.5, 0.6) is 0 Å². The van der Waals surface area contributed by atoms with Crippen LogP contribution in [0.4, 0.5) is 0 Å². The van der Waals surface area contributed by atoms with Crippen LogP contribution in [0, 0.1) is 5.41 Å². The van der Waals surface area contributed by atoms with E-state index in [9.17, 15) is 4.79 Å². The summed E-state index contributed by atoms with van der Waals surface area (Å²) in [6, 6.07) is 7.69. The van der Waals surface area contributed by atoms with Crippen molar-refractivity contribution in [1.82, 2.24) is 0 Å². The van der Waals surface area contributed by atoms with Gasteiger partial charge in [-0.2, -0.15) is 0 Å². The van der Waals surface area contributed by atoms with Gasteiger partial charge in [-0.25, -0.2) is 0 Å². The van der Waals surface area contributed by atoms with Gasteiger partial charge in [0.25, 0.3) is 0 Å². The number of halogens is 1. The lowest BCUT2D eigenvalue weighted by Gasteiger charge is -2.29. The predicted molar refractivity (Wildman–Crippen MR) is 78.0 cm³/mol. The Bertz CT molecular complexity index is 474. The molecule has 18 heavy (non-hydrogen) atoms. The summed E-state index contributed by atoms with van der Waals surface area (Å²) in [6.45, 7) is 4.07. The molecule has 0 amide bonds. The van der Waals surface area contributed by atoms with Crippen LogP contribution in [0.2, 0.25) is 5.02 Å². The fourth-order valence-corrected chi connectivity index (χ4v) is 3.07. The van der Waals surface area contributed by atoms with Crippen molar-refractivity contribution in [3.8, 4) is 0 Å². The van der Waals surface area contributed by atoms with E-state index in [1.807, 2.05) is 43.5 Å². The number of Topliss-reactive ketones (excluding diaryl/α,β-unsaturated/α-hetero) is 1. The molecule has 3 heteroatoms. The first-order chi connectivity index (χ1) is 8.49. The van der Waals surface area contributed by atoms with Crippen LogP contribution in [-0.4, -0.2) is 5.78 Å². The third kappa shape index (κ3) is 3.18. The summed E-state index contributed by atoms with van der Waals surface area (Å²) < 4.78 is 0. The summed E-state index contributed by atoms with van der Waals surface area (Å²) in [7, 11) is 0. The molecular formula is C15H17ClOS. The standard InChI is InChI=1S/C15H17ClOS/c1-15(2)9-3-4-11(14(15)17)10-18-13-7-5-12(16)6-8-13/h5-8,10H,3-4,9H2,1-2H3/b11-10+. The molecule has 1 aliphatic rings. The van der Waals surface area contributed by atoms with Gasteiger partial charge >= 0.3 is 0 Å². The SMILES string of the molecule is CC1(C)CCC/C(=C\Sc2ccc(Cl)cc2)C1=O. The van der Waals surface area contributed by atoms with Crippen molar-refractivity contribution in [1.29, 1.82) is 0 Å². The molecule has 1 fully saturated rings. The van der Waals surface area contributed by atoms with Crippen molar-refractivity contribution in [3.05, 3.63) is 40.3 Å². The van der Waals surface area contributed by atoms with E-state index in [4.69, 9.17) is 11.6 Å². The van der Waals surface area contributed by atoms with Gasteiger partial charge in [-0.05, 0) is 48.9 Å². The summed E-state index contributed by atoms with van der Waals surface area (Å²) in [5.74, 6) is 0.301. The Labute approximate surface area is 118 Å². The zero-order valence-electron chi connectivity index (χ0n) is 10.7. The van der Waals surface area contributed by atoms with Gasteiger partial charge < -0.3 is 0 Å². The van der Waals surface area contributed by atoms with Gasteiger partial charge in [0.1, 0.15) is 0 Å². The van der Waals surface area contributed by atoms with E-state index < -0.39 is 0 Å². The Balaban J connectivity index is 2.09. The maximum Gasteiger partial charge on any atom is 0.164 e. The minimum Gasteiger partial charge on any atom is -0.294 e. The molecule has 0 radical (unpaired) electrons. The number of allylic oxidation sites excluding steroid dienone is 1. The van der Waals surface area contributed by atoms with E-state index in [0.717, 1.165) is 34.8 Å². The van der Waals surface area contributed by atoms with E-state index in [1.165, 1.54) is 0 Å². The first-order valence-electron chi connectivity index (χ1n) is 6.15. The van der Waals surface area contributed by atoms with Gasteiger partial charge in [0, 0.05) is 20.9 Å². The second-order valence-electron chi connectivity index (χ2n) is 5.28. The van der Waals surface area contributed by atoms with E-state index >= 15 is 0 Å². The molecule has 0 bridgehead atoms. The van der Waals surface area contributed by atoms with Crippen molar-refractivity contribution in [3.63, 3.8) is 0 Å². The molecule has 0 heterocycles. The van der Waals surface area contributed by atoms with Gasteiger partial charge in [0.2, 0.25) is 0 Å². The molecule has 0 spiro atoms. The number of hydrogen-bond acceptors (Lipinski definition) is 2. The third-order valence-corrected chi connectivity index (χ3v) is 4.50. The van der Waals surface area contributed by atoms with E-state index in [-0.39, 0.29) is 5.41 Å². The minimum absolute atomic E-state index is 0.190. The molecule has 2 rings (SSSR count). The van der Waals surface area contributed by atoms with E-state index in [1.54, 1.807) is 11.8 Å². The fraction of sp³-hybridized carbons (Fsp3) is 0.400. The van der Waals surface area contributed by atoms with Crippen LogP contribution in [0.15, 0.2) is 40.1 Å². The number of carbonyl (C=O) groups excluding carboxylic acids is 1. The number of carbonyl (C=O) groups is 1. The molecule has 0 aromatic heterocycles. The number of ketones is 1. The zero-order valence-corrected chi connectivity index (χ0v) is 12.3. The lowest BCUT2D eigenvalue weighted by Crippen LogP contribution is -2.29. The van der Waals surface area contributed by atoms with Gasteiger partial charge in [0.15, 0.2) is 5.78 Å². The Hall–Kier alpha value is -0.730. The highest BCUT2D eigenvalue weighted by Gasteiger charge is 2.33. The largest absolute Gasteiger partial charge is 0.294 e. The van der Waals surface area contributed by atoms with Crippen molar-refractivity contribution < 1.29 is 4.79 Å². The van der Waals surface area contributed by atoms with Crippen LogP contribution < -0.4 is 0 Å². The minimum atomic E-state index is -0.190. The van der Waals surface area contributed by atoms with Crippen LogP contribution in [-0.2, 0) is 4.79 Å². The lowest BCUT2D eigenvalue weighted by molar-refractivity contribution is -0.124. The Morgan fingerprint density at radius 3 is 2.61 bits per heavy atom. The summed E-state index contributed by atoms with van der Waals surface area (Å²) in [6.07, 6.45) is 3.00. The molecule has 1 aliphatic carbocycles. The Morgan fingerprint density at radius 2 is 1.94 bits per heavy atom. The van der Waals surface area contributed by atoms with Gasteiger partial charge in [-0.15, -0.1) is 0 Å². The monoisotopic (exact) mass is 280 g/mol. The third-order valence-electron chi connectivity index (χ3n) is 3.31. The van der Waals surface area contributed by atoms with Crippen molar-refractivity contribution in [2.24, 2.45) is 5.41 Å². The van der Waals surface area contributed by atoms with Crippen molar-refractivity contribution >= 4 is 29.1 Å². The first kappa shape index (κ1) is 13.7. The quantitative estimate of drug-likeness (QED) is 0.554. The maximum absolute atomic E-state index is 12.2. The van der Waals surface area contributed by atoms with Crippen LogP contribution >= 0.6 is 23.4 Å². The molecule has 96 valence electrons. The Morgan fingerprint density at radius 1 is 1.28 bits per heavy atom. The maximum atomic E-state index is 12.2. The lowest BCUT2D eigenvalue weighted by atomic mass is 9.74. The van der Waals surface area contributed by atoms with Crippen LogP contribution in [0.1, 0.15) is 33.1 Å². The molecule has 0 N–H and O–H groups in total. The first-order valence-corrected chi connectivity index (χ1v) is 7.41.